The lowest BCUT2D eigenvalue weighted by molar-refractivity contribution is -0.124. The Bertz CT molecular complexity index is 1140. The van der Waals surface area contributed by atoms with E-state index >= 15 is 0 Å². The van der Waals surface area contributed by atoms with Gasteiger partial charge in [-0.15, -0.1) is 0 Å². The van der Waals surface area contributed by atoms with Crippen LogP contribution in [0.25, 0.3) is 0 Å². The summed E-state index contributed by atoms with van der Waals surface area (Å²) in [6.45, 7) is 3.49. The standard InChI is InChI=1S/C17H12N4O4S4/c1-4-6(14(24)19-18-4)16-26-10-8(22)12-13(9(23)11(10)27-16)29-17(28-12)7-5(2)20-21(3)15(7)25/h22-23H,1-3H3,(H,19,24). The van der Waals surface area contributed by atoms with E-state index in [0.717, 1.165) is 0 Å². The molecular weight excluding hydrogens is 452 g/mol. The van der Waals surface area contributed by atoms with Crippen molar-refractivity contribution in [3.63, 3.8) is 0 Å². The number of nitrogens with one attached hydrogen (secondary N) is 1. The predicted octanol–water partition coefficient (Wildman–Crippen LogP) is 3.27. The highest BCUT2D eigenvalue weighted by Crippen LogP contribution is 2.68. The van der Waals surface area contributed by atoms with Gasteiger partial charge in [0.2, 0.25) is 0 Å². The Morgan fingerprint density at radius 1 is 0.828 bits per heavy atom. The minimum Gasteiger partial charge on any atom is -0.505 e. The number of thioether (sulfide) groups is 4. The van der Waals surface area contributed by atoms with Crippen LogP contribution in [-0.4, -0.2) is 45.5 Å². The lowest BCUT2D eigenvalue weighted by Crippen LogP contribution is -2.17. The summed E-state index contributed by atoms with van der Waals surface area (Å²) in [5.41, 5.74) is 4.52. The SMILES string of the molecule is CC1=NNC(=O)C1=C1Sc2c(O)c3c(c(O)c2S1)SC(=C1C(=O)N(C)N=C1C)S3. The molecule has 4 aliphatic heterocycles. The molecule has 12 heteroatoms. The zero-order valence-electron chi connectivity index (χ0n) is 15.2. The molecule has 4 heterocycles. The number of fused-ring (bicyclic) bond motifs is 2. The van der Waals surface area contributed by atoms with Gasteiger partial charge in [-0.05, 0) is 13.8 Å². The molecular formula is C17H12N4O4S4. The van der Waals surface area contributed by atoms with E-state index in [9.17, 15) is 19.8 Å². The first-order valence-electron chi connectivity index (χ1n) is 8.28. The van der Waals surface area contributed by atoms with Crippen LogP contribution in [0, 0.1) is 0 Å². The molecule has 0 unspecified atom stereocenters. The molecule has 0 atom stereocenters. The number of carbonyl (C=O) groups excluding carboxylic acids is 2. The van der Waals surface area contributed by atoms with Crippen molar-refractivity contribution in [2.75, 3.05) is 7.05 Å². The van der Waals surface area contributed by atoms with Crippen LogP contribution >= 0.6 is 47.0 Å². The highest BCUT2D eigenvalue weighted by Gasteiger charge is 2.40. The molecule has 2 amide bonds. The number of nitrogens with zero attached hydrogens (tertiary/aromatic N) is 3. The third kappa shape index (κ3) is 2.66. The van der Waals surface area contributed by atoms with Crippen LogP contribution in [0.5, 0.6) is 11.5 Å². The molecule has 0 radical (unpaired) electrons. The minimum atomic E-state index is -0.300. The second-order valence-electron chi connectivity index (χ2n) is 6.40. The molecule has 0 aliphatic carbocycles. The van der Waals surface area contributed by atoms with Crippen molar-refractivity contribution < 1.29 is 19.8 Å². The highest BCUT2D eigenvalue weighted by molar-refractivity contribution is 8.26. The van der Waals surface area contributed by atoms with Gasteiger partial charge in [-0.25, -0.2) is 10.4 Å². The molecule has 148 valence electrons. The average Bonchev–Trinajstić information content (AvgIpc) is 3.41. The van der Waals surface area contributed by atoms with Crippen LogP contribution in [0.1, 0.15) is 13.8 Å². The van der Waals surface area contributed by atoms with Crippen LogP contribution in [0.4, 0.5) is 0 Å². The fourth-order valence-electron chi connectivity index (χ4n) is 3.15. The largest absolute Gasteiger partial charge is 0.505 e. The number of benzene rings is 1. The van der Waals surface area contributed by atoms with Crippen LogP contribution in [-0.2, 0) is 9.59 Å². The number of amides is 2. The molecule has 8 nitrogen and oxygen atoms in total. The van der Waals surface area contributed by atoms with Crippen molar-refractivity contribution in [1.29, 1.82) is 0 Å². The van der Waals surface area contributed by atoms with Gasteiger partial charge in [-0.1, -0.05) is 47.0 Å². The van der Waals surface area contributed by atoms with E-state index < -0.39 is 0 Å². The van der Waals surface area contributed by atoms with Gasteiger partial charge in [0, 0.05) is 7.05 Å². The van der Waals surface area contributed by atoms with E-state index in [0.29, 0.717) is 50.6 Å². The molecule has 0 bridgehead atoms. The van der Waals surface area contributed by atoms with Crippen LogP contribution in [0.2, 0.25) is 0 Å². The molecule has 4 aliphatic rings. The number of phenolic OH excluding ortho intramolecular Hbond substituents is 2. The second kappa shape index (κ2) is 6.49. The summed E-state index contributed by atoms with van der Waals surface area (Å²) < 4.78 is 1.34. The quantitative estimate of drug-likeness (QED) is 0.396. The Labute approximate surface area is 181 Å². The Morgan fingerprint density at radius 3 is 1.69 bits per heavy atom. The molecule has 1 aromatic carbocycles. The van der Waals surface area contributed by atoms with Crippen LogP contribution < -0.4 is 5.43 Å². The fraction of sp³-hybridized carbons (Fsp3) is 0.176. The number of carbonyl (C=O) groups is 2. The van der Waals surface area contributed by atoms with Crippen LogP contribution in [0.3, 0.4) is 0 Å². The van der Waals surface area contributed by atoms with Crippen molar-refractivity contribution >= 4 is 70.3 Å². The summed E-state index contributed by atoms with van der Waals surface area (Å²) in [6.07, 6.45) is 0. The predicted molar refractivity (Wildman–Crippen MR) is 114 cm³/mol. The van der Waals surface area contributed by atoms with Gasteiger partial charge in [-0.3, -0.25) is 9.59 Å². The molecule has 3 N–H and O–H groups in total. The first-order chi connectivity index (χ1) is 13.8. The number of phenols is 2. The molecule has 0 aromatic heterocycles. The normalized spacial score (nSPS) is 20.4. The third-order valence-corrected chi connectivity index (χ3v) is 9.77. The summed E-state index contributed by atoms with van der Waals surface area (Å²) in [6, 6.07) is 0. The Morgan fingerprint density at radius 2 is 1.31 bits per heavy atom. The van der Waals surface area contributed by atoms with Gasteiger partial charge in [0.25, 0.3) is 11.8 Å². The molecule has 1 aromatic rings. The zero-order chi connectivity index (χ0) is 20.6. The minimum absolute atomic E-state index is 0.0374. The lowest BCUT2D eigenvalue weighted by Gasteiger charge is -2.08. The number of hydrogen-bond donors (Lipinski definition) is 3. The number of aromatic hydroxyl groups is 2. The Kier molecular flexibility index (Phi) is 4.25. The first-order valence-corrected chi connectivity index (χ1v) is 11.5. The van der Waals surface area contributed by atoms with Crippen molar-refractivity contribution in [2.24, 2.45) is 10.2 Å². The van der Waals surface area contributed by atoms with E-state index in [2.05, 4.69) is 15.6 Å². The topological polar surface area (TPSA) is 115 Å². The average molecular weight is 465 g/mol. The van der Waals surface area contributed by atoms with Crippen molar-refractivity contribution in [3.8, 4) is 11.5 Å². The summed E-state index contributed by atoms with van der Waals surface area (Å²) in [5.74, 6) is -0.438. The molecule has 0 spiro atoms. The van der Waals surface area contributed by atoms with Crippen molar-refractivity contribution in [2.45, 2.75) is 33.4 Å². The molecule has 5 rings (SSSR count). The number of likely N-dealkylation sites (N-methyl/N-ethyl adjacent to an activating group) is 1. The fourth-order valence-corrected chi connectivity index (χ4v) is 8.77. The summed E-state index contributed by atoms with van der Waals surface area (Å²) >= 11 is 4.97. The van der Waals surface area contributed by atoms with E-state index in [4.69, 9.17) is 0 Å². The second-order valence-corrected chi connectivity index (χ2v) is 11.0. The smallest absolute Gasteiger partial charge is 0.277 e. The molecule has 0 fully saturated rings. The monoisotopic (exact) mass is 464 g/mol. The molecule has 0 saturated heterocycles. The van der Waals surface area contributed by atoms with Gasteiger partial charge >= 0.3 is 0 Å². The van der Waals surface area contributed by atoms with E-state index in [1.165, 1.54) is 52.1 Å². The lowest BCUT2D eigenvalue weighted by atomic mass is 10.2. The third-order valence-electron chi connectivity index (χ3n) is 4.54. The summed E-state index contributed by atoms with van der Waals surface area (Å²) in [4.78, 5) is 26.5. The Hall–Kier alpha value is -2.02. The summed E-state index contributed by atoms with van der Waals surface area (Å²) in [7, 11) is 1.59. The first kappa shape index (κ1) is 19.0. The maximum absolute atomic E-state index is 12.4. The van der Waals surface area contributed by atoms with E-state index in [-0.39, 0.29) is 23.3 Å². The van der Waals surface area contributed by atoms with Gasteiger partial charge < -0.3 is 10.2 Å². The maximum Gasteiger partial charge on any atom is 0.277 e. The number of hydrazone groups is 2. The number of rotatable bonds is 0. The zero-order valence-corrected chi connectivity index (χ0v) is 18.5. The van der Waals surface area contributed by atoms with E-state index in [1.54, 1.807) is 20.9 Å². The van der Waals surface area contributed by atoms with Gasteiger partial charge in [0.05, 0.1) is 50.6 Å². The molecule has 0 saturated carbocycles. The Balaban J connectivity index is 1.59. The van der Waals surface area contributed by atoms with Gasteiger partial charge in [-0.2, -0.15) is 10.2 Å². The van der Waals surface area contributed by atoms with E-state index in [1.807, 2.05) is 0 Å². The van der Waals surface area contributed by atoms with Crippen LogP contribution in [0.15, 0.2) is 49.4 Å². The maximum atomic E-state index is 12.4. The van der Waals surface area contributed by atoms with Crippen molar-refractivity contribution in [3.05, 3.63) is 19.6 Å². The summed E-state index contributed by atoms with van der Waals surface area (Å²) in [5, 5.41) is 31.2. The highest BCUT2D eigenvalue weighted by atomic mass is 32.2. The number of hydrogen-bond acceptors (Lipinski definition) is 10. The van der Waals surface area contributed by atoms with Gasteiger partial charge in [0.1, 0.15) is 11.5 Å². The molecule has 29 heavy (non-hydrogen) atoms. The van der Waals surface area contributed by atoms with Gasteiger partial charge in [0.15, 0.2) is 0 Å². The van der Waals surface area contributed by atoms with Crippen molar-refractivity contribution in [1.82, 2.24) is 10.4 Å².